The normalized spacial score (nSPS) is 24.6. The fraction of sp³-hybridized carbons (Fsp3) is 0.938. The Labute approximate surface area is 122 Å². The van der Waals surface area contributed by atoms with Crippen molar-refractivity contribution in [3.63, 3.8) is 0 Å². The van der Waals surface area contributed by atoms with Gasteiger partial charge in [-0.3, -0.25) is 0 Å². The Morgan fingerprint density at radius 2 is 1.70 bits per heavy atom. The standard InChI is InChI=1S/C16H29NO3/c1-16(2,3)20-15(18)17(11-14-12-19-14)13-9-7-5-4-6-8-10-13/h13-14H,4-12H2,1-3H3. The number of nitrogens with zero attached hydrogens (tertiary/aromatic N) is 1. The van der Waals surface area contributed by atoms with Crippen molar-refractivity contribution in [1.29, 1.82) is 0 Å². The fourth-order valence-electron chi connectivity index (χ4n) is 2.83. The van der Waals surface area contributed by atoms with Gasteiger partial charge in [-0.05, 0) is 33.6 Å². The molecular weight excluding hydrogens is 254 g/mol. The molecule has 1 heterocycles. The molecule has 0 aromatic heterocycles. The minimum atomic E-state index is -0.429. The highest BCUT2D eigenvalue weighted by Gasteiger charge is 2.34. The van der Waals surface area contributed by atoms with Crippen LogP contribution in [-0.4, -0.2) is 41.9 Å². The van der Waals surface area contributed by atoms with Crippen LogP contribution in [0.1, 0.15) is 65.7 Å². The third-order valence-electron chi connectivity index (χ3n) is 3.95. The fourth-order valence-corrected chi connectivity index (χ4v) is 2.83. The van der Waals surface area contributed by atoms with Crippen LogP contribution in [0.2, 0.25) is 0 Å². The predicted octanol–water partition coefficient (Wildman–Crippen LogP) is 3.74. The van der Waals surface area contributed by atoms with Gasteiger partial charge in [-0.1, -0.05) is 32.1 Å². The van der Waals surface area contributed by atoms with Crippen LogP contribution in [0.15, 0.2) is 0 Å². The van der Waals surface area contributed by atoms with E-state index in [9.17, 15) is 4.79 Å². The van der Waals surface area contributed by atoms with Crippen molar-refractivity contribution < 1.29 is 14.3 Å². The first-order chi connectivity index (χ1) is 9.46. The molecule has 2 aliphatic rings. The van der Waals surface area contributed by atoms with Gasteiger partial charge in [0.15, 0.2) is 0 Å². The molecule has 0 N–H and O–H groups in total. The topological polar surface area (TPSA) is 42.1 Å². The summed E-state index contributed by atoms with van der Waals surface area (Å²) in [6.45, 7) is 7.25. The molecule has 1 saturated heterocycles. The molecule has 0 bridgehead atoms. The van der Waals surface area contributed by atoms with Crippen molar-refractivity contribution in [2.24, 2.45) is 0 Å². The monoisotopic (exact) mass is 283 g/mol. The van der Waals surface area contributed by atoms with Gasteiger partial charge in [-0.15, -0.1) is 0 Å². The minimum absolute atomic E-state index is 0.168. The molecule has 1 aliphatic carbocycles. The van der Waals surface area contributed by atoms with E-state index in [0.29, 0.717) is 12.6 Å². The molecule has 2 rings (SSSR count). The van der Waals surface area contributed by atoms with Crippen molar-refractivity contribution in [2.75, 3.05) is 13.2 Å². The van der Waals surface area contributed by atoms with Crippen LogP contribution in [-0.2, 0) is 9.47 Å². The molecule has 0 radical (unpaired) electrons. The SMILES string of the molecule is CC(C)(C)OC(=O)N(CC1CO1)C1CCCCCCC1. The second kappa shape index (κ2) is 6.79. The Morgan fingerprint density at radius 3 is 2.20 bits per heavy atom. The van der Waals surface area contributed by atoms with Gasteiger partial charge in [-0.25, -0.2) is 4.79 Å². The van der Waals surface area contributed by atoms with E-state index in [1.165, 1.54) is 32.1 Å². The second-order valence-corrected chi connectivity index (χ2v) is 7.09. The van der Waals surface area contributed by atoms with E-state index < -0.39 is 5.60 Å². The van der Waals surface area contributed by atoms with Gasteiger partial charge in [0, 0.05) is 6.04 Å². The van der Waals surface area contributed by atoms with Gasteiger partial charge < -0.3 is 14.4 Å². The van der Waals surface area contributed by atoms with Crippen LogP contribution in [0.3, 0.4) is 0 Å². The Morgan fingerprint density at radius 1 is 1.15 bits per heavy atom. The summed E-state index contributed by atoms with van der Waals surface area (Å²) in [5.74, 6) is 0. The summed E-state index contributed by atoms with van der Waals surface area (Å²) in [6.07, 6.45) is 8.62. The van der Waals surface area contributed by atoms with Crippen LogP contribution < -0.4 is 0 Å². The first-order valence-corrected chi connectivity index (χ1v) is 8.07. The molecule has 1 saturated carbocycles. The first-order valence-electron chi connectivity index (χ1n) is 8.07. The highest BCUT2D eigenvalue weighted by atomic mass is 16.6. The van der Waals surface area contributed by atoms with Crippen LogP contribution in [0, 0.1) is 0 Å². The molecule has 2 fully saturated rings. The van der Waals surface area contributed by atoms with Gasteiger partial charge in [0.1, 0.15) is 5.60 Å². The Hall–Kier alpha value is -0.770. The number of amides is 1. The van der Waals surface area contributed by atoms with Crippen molar-refractivity contribution in [1.82, 2.24) is 4.90 Å². The molecule has 4 nitrogen and oxygen atoms in total. The number of carbonyl (C=O) groups is 1. The molecule has 4 heteroatoms. The maximum atomic E-state index is 12.5. The van der Waals surface area contributed by atoms with Crippen LogP contribution in [0.4, 0.5) is 4.79 Å². The van der Waals surface area contributed by atoms with E-state index in [0.717, 1.165) is 19.4 Å². The Balaban J connectivity index is 1.98. The number of rotatable bonds is 3. The molecule has 116 valence electrons. The zero-order valence-electron chi connectivity index (χ0n) is 13.2. The van der Waals surface area contributed by atoms with E-state index in [-0.39, 0.29) is 12.2 Å². The molecule has 1 atom stereocenters. The molecule has 0 aromatic carbocycles. The van der Waals surface area contributed by atoms with Crippen molar-refractivity contribution >= 4 is 6.09 Å². The maximum Gasteiger partial charge on any atom is 0.410 e. The number of epoxide rings is 1. The summed E-state index contributed by atoms with van der Waals surface area (Å²) in [7, 11) is 0. The number of hydrogen-bond donors (Lipinski definition) is 0. The second-order valence-electron chi connectivity index (χ2n) is 7.09. The average molecular weight is 283 g/mol. The lowest BCUT2D eigenvalue weighted by atomic mass is 9.95. The van der Waals surface area contributed by atoms with Crippen LogP contribution >= 0.6 is 0 Å². The zero-order chi connectivity index (χ0) is 14.6. The van der Waals surface area contributed by atoms with Gasteiger partial charge in [0.05, 0.1) is 19.3 Å². The summed E-state index contributed by atoms with van der Waals surface area (Å²) < 4.78 is 10.9. The summed E-state index contributed by atoms with van der Waals surface area (Å²) >= 11 is 0. The van der Waals surface area contributed by atoms with Gasteiger partial charge >= 0.3 is 6.09 Å². The third kappa shape index (κ3) is 5.31. The van der Waals surface area contributed by atoms with E-state index in [1.54, 1.807) is 0 Å². The number of ether oxygens (including phenoxy) is 2. The highest BCUT2D eigenvalue weighted by Crippen LogP contribution is 2.25. The van der Waals surface area contributed by atoms with Crippen LogP contribution in [0.25, 0.3) is 0 Å². The van der Waals surface area contributed by atoms with E-state index in [4.69, 9.17) is 9.47 Å². The zero-order valence-corrected chi connectivity index (χ0v) is 13.2. The maximum absolute atomic E-state index is 12.5. The van der Waals surface area contributed by atoms with Gasteiger partial charge in [-0.2, -0.15) is 0 Å². The summed E-state index contributed by atoms with van der Waals surface area (Å²) in [5, 5.41) is 0. The smallest absolute Gasteiger partial charge is 0.410 e. The molecule has 1 aliphatic heterocycles. The van der Waals surface area contributed by atoms with E-state index >= 15 is 0 Å². The minimum Gasteiger partial charge on any atom is -0.444 e. The van der Waals surface area contributed by atoms with Crippen LogP contribution in [0.5, 0.6) is 0 Å². The van der Waals surface area contributed by atoms with E-state index in [1.807, 2.05) is 25.7 Å². The van der Waals surface area contributed by atoms with Crippen molar-refractivity contribution in [3.05, 3.63) is 0 Å². The van der Waals surface area contributed by atoms with Crippen molar-refractivity contribution in [3.8, 4) is 0 Å². The third-order valence-corrected chi connectivity index (χ3v) is 3.95. The number of carbonyl (C=O) groups excluding carboxylic acids is 1. The van der Waals surface area contributed by atoms with Gasteiger partial charge in [0.2, 0.25) is 0 Å². The lowest BCUT2D eigenvalue weighted by Crippen LogP contribution is -2.45. The van der Waals surface area contributed by atoms with Crippen molar-refractivity contribution in [2.45, 2.75) is 83.5 Å². The Kier molecular flexibility index (Phi) is 5.30. The summed E-state index contributed by atoms with van der Waals surface area (Å²) in [6, 6.07) is 0.328. The Bertz CT molecular complexity index is 312. The molecule has 20 heavy (non-hydrogen) atoms. The molecule has 1 unspecified atom stereocenters. The average Bonchev–Trinajstić information content (AvgIpc) is 3.07. The highest BCUT2D eigenvalue weighted by molar-refractivity contribution is 5.68. The molecule has 0 aromatic rings. The first kappa shape index (κ1) is 15.6. The molecule has 1 amide bonds. The largest absolute Gasteiger partial charge is 0.444 e. The summed E-state index contributed by atoms with van der Waals surface area (Å²) in [5.41, 5.74) is -0.429. The lowest BCUT2D eigenvalue weighted by Gasteiger charge is -2.34. The quantitative estimate of drug-likeness (QED) is 0.741. The summed E-state index contributed by atoms with van der Waals surface area (Å²) in [4.78, 5) is 14.4. The predicted molar refractivity (Wildman–Crippen MR) is 78.8 cm³/mol. The molecular formula is C16H29NO3. The molecule has 0 spiro atoms. The van der Waals surface area contributed by atoms with Gasteiger partial charge in [0.25, 0.3) is 0 Å². The number of hydrogen-bond acceptors (Lipinski definition) is 3. The van der Waals surface area contributed by atoms with E-state index in [2.05, 4.69) is 0 Å². The lowest BCUT2D eigenvalue weighted by molar-refractivity contribution is 0.0117.